The Hall–Kier alpha value is -0.930. The Bertz CT molecular complexity index is 410. The molecule has 2 unspecified atom stereocenters. The van der Waals surface area contributed by atoms with Crippen molar-refractivity contribution in [3.05, 3.63) is 29.6 Å². The van der Waals surface area contributed by atoms with E-state index in [4.69, 9.17) is 4.74 Å². The van der Waals surface area contributed by atoms with Gasteiger partial charge in [-0.2, -0.15) is 0 Å². The number of hydrogen-bond acceptors (Lipinski definition) is 3. The van der Waals surface area contributed by atoms with E-state index in [0.29, 0.717) is 6.04 Å². The maximum absolute atomic E-state index is 6.15. The van der Waals surface area contributed by atoms with Gasteiger partial charge in [0.25, 0.3) is 0 Å². The van der Waals surface area contributed by atoms with E-state index < -0.39 is 0 Å². The molecule has 21 heavy (non-hydrogen) atoms. The largest absolute Gasteiger partial charge is 0.374 e. The molecule has 118 valence electrons. The molecule has 1 aliphatic rings. The highest BCUT2D eigenvalue weighted by atomic mass is 16.5. The molecule has 0 aromatic carbocycles. The van der Waals surface area contributed by atoms with Crippen LogP contribution in [0.2, 0.25) is 0 Å². The number of ether oxygens (including phenoxy) is 1. The van der Waals surface area contributed by atoms with Crippen molar-refractivity contribution < 1.29 is 4.74 Å². The monoisotopic (exact) mass is 290 g/mol. The van der Waals surface area contributed by atoms with Gasteiger partial charge in [-0.3, -0.25) is 4.98 Å². The van der Waals surface area contributed by atoms with Gasteiger partial charge >= 0.3 is 0 Å². The number of aromatic nitrogens is 1. The molecule has 0 aliphatic carbocycles. The molecule has 3 nitrogen and oxygen atoms in total. The second-order valence-electron chi connectivity index (χ2n) is 6.34. The van der Waals surface area contributed by atoms with Crippen LogP contribution in [0.1, 0.15) is 57.7 Å². The molecule has 1 aromatic heterocycles. The molecule has 1 aromatic rings. The number of nitrogens with zero attached hydrogens (tertiary/aromatic N) is 1. The maximum atomic E-state index is 6.15. The third-order valence-corrected chi connectivity index (χ3v) is 4.58. The fourth-order valence-corrected chi connectivity index (χ4v) is 3.05. The zero-order valence-corrected chi connectivity index (χ0v) is 13.8. The van der Waals surface area contributed by atoms with Crippen molar-refractivity contribution in [2.45, 2.75) is 70.9 Å². The Morgan fingerprint density at radius 2 is 2.19 bits per heavy atom. The van der Waals surface area contributed by atoms with Gasteiger partial charge in [0.2, 0.25) is 0 Å². The lowest BCUT2D eigenvalue weighted by molar-refractivity contribution is -0.0885. The van der Waals surface area contributed by atoms with E-state index in [1.165, 1.54) is 18.4 Å². The number of aryl methyl sites for hydroxylation is 1. The molecular weight excluding hydrogens is 260 g/mol. The first kappa shape index (κ1) is 16.4. The molecule has 1 fully saturated rings. The smallest absolute Gasteiger partial charge is 0.0810 e. The third-order valence-electron chi connectivity index (χ3n) is 4.58. The van der Waals surface area contributed by atoms with Gasteiger partial charge in [0.05, 0.1) is 5.60 Å². The molecule has 0 radical (unpaired) electrons. The van der Waals surface area contributed by atoms with Crippen LogP contribution in [0.15, 0.2) is 18.3 Å². The zero-order chi connectivity index (χ0) is 15.1. The molecule has 1 aliphatic heterocycles. The van der Waals surface area contributed by atoms with Crippen LogP contribution in [-0.4, -0.2) is 29.8 Å². The molecule has 0 saturated carbocycles. The van der Waals surface area contributed by atoms with Gasteiger partial charge in [-0.25, -0.2) is 0 Å². The Morgan fingerprint density at radius 1 is 1.33 bits per heavy atom. The number of hydrogen-bond donors (Lipinski definition) is 1. The fraction of sp³-hybridized carbons (Fsp3) is 0.722. The molecule has 0 spiro atoms. The molecule has 2 heterocycles. The van der Waals surface area contributed by atoms with Gasteiger partial charge in [0, 0.05) is 31.0 Å². The summed E-state index contributed by atoms with van der Waals surface area (Å²) in [6.07, 6.45) is 8.75. The Labute approximate surface area is 129 Å². The van der Waals surface area contributed by atoms with Crippen molar-refractivity contribution in [1.29, 1.82) is 0 Å². The van der Waals surface area contributed by atoms with Gasteiger partial charge in [0.1, 0.15) is 0 Å². The summed E-state index contributed by atoms with van der Waals surface area (Å²) >= 11 is 0. The predicted molar refractivity (Wildman–Crippen MR) is 87.6 cm³/mol. The molecule has 0 amide bonds. The lowest BCUT2D eigenvalue weighted by Gasteiger charge is -2.41. The van der Waals surface area contributed by atoms with E-state index in [1.54, 1.807) is 0 Å². The lowest BCUT2D eigenvalue weighted by Crippen LogP contribution is -2.53. The van der Waals surface area contributed by atoms with Crippen LogP contribution in [0.4, 0.5) is 0 Å². The summed E-state index contributed by atoms with van der Waals surface area (Å²) in [6, 6.07) is 4.72. The molecule has 0 bridgehead atoms. The number of rotatable bonds is 7. The van der Waals surface area contributed by atoms with Gasteiger partial charge in [-0.15, -0.1) is 0 Å². The van der Waals surface area contributed by atoms with Gasteiger partial charge in [-0.1, -0.05) is 19.9 Å². The SMILES string of the molecule is CCCNC(Cc1ccc(CC)cn1)C1(C)CCCCO1. The zero-order valence-electron chi connectivity index (χ0n) is 13.8. The summed E-state index contributed by atoms with van der Waals surface area (Å²) in [4.78, 5) is 4.63. The number of pyridine rings is 1. The summed E-state index contributed by atoms with van der Waals surface area (Å²) in [6.45, 7) is 8.57. The minimum Gasteiger partial charge on any atom is -0.374 e. The maximum Gasteiger partial charge on any atom is 0.0810 e. The molecule has 1 saturated heterocycles. The van der Waals surface area contributed by atoms with Crippen molar-refractivity contribution in [2.75, 3.05) is 13.2 Å². The highest BCUT2D eigenvalue weighted by Crippen LogP contribution is 2.29. The van der Waals surface area contributed by atoms with E-state index in [1.807, 2.05) is 6.20 Å². The quantitative estimate of drug-likeness (QED) is 0.834. The predicted octanol–water partition coefficient (Wildman–Crippen LogP) is 3.51. The summed E-state index contributed by atoms with van der Waals surface area (Å²) in [5, 5.41) is 3.69. The second kappa shape index (κ2) is 7.90. The van der Waals surface area contributed by atoms with E-state index in [-0.39, 0.29) is 5.60 Å². The topological polar surface area (TPSA) is 34.2 Å². The Morgan fingerprint density at radius 3 is 2.76 bits per heavy atom. The first-order chi connectivity index (χ1) is 10.2. The van der Waals surface area contributed by atoms with Crippen molar-refractivity contribution in [3.8, 4) is 0 Å². The van der Waals surface area contributed by atoms with Crippen LogP contribution >= 0.6 is 0 Å². The summed E-state index contributed by atoms with van der Waals surface area (Å²) in [5.41, 5.74) is 2.41. The summed E-state index contributed by atoms with van der Waals surface area (Å²) in [5.74, 6) is 0. The fourth-order valence-electron chi connectivity index (χ4n) is 3.05. The Kier molecular flexibility index (Phi) is 6.19. The standard InChI is InChI=1S/C18H30N2O/c1-4-11-19-17(18(3)10-6-7-12-21-18)13-16-9-8-15(5-2)14-20-16/h8-9,14,17,19H,4-7,10-13H2,1-3H3. The molecular formula is C18H30N2O. The van der Waals surface area contributed by atoms with Crippen LogP contribution in [-0.2, 0) is 17.6 Å². The van der Waals surface area contributed by atoms with E-state index in [2.05, 4.69) is 43.2 Å². The third kappa shape index (κ3) is 4.52. The first-order valence-corrected chi connectivity index (χ1v) is 8.49. The lowest BCUT2D eigenvalue weighted by atomic mass is 9.85. The molecule has 2 atom stereocenters. The van der Waals surface area contributed by atoms with Crippen LogP contribution < -0.4 is 5.32 Å². The van der Waals surface area contributed by atoms with Crippen molar-refractivity contribution in [1.82, 2.24) is 10.3 Å². The van der Waals surface area contributed by atoms with Gasteiger partial charge in [-0.05, 0) is 57.2 Å². The normalized spacial score (nSPS) is 24.0. The minimum atomic E-state index is -0.0570. The van der Waals surface area contributed by atoms with Crippen molar-refractivity contribution in [2.24, 2.45) is 0 Å². The second-order valence-corrected chi connectivity index (χ2v) is 6.34. The van der Waals surface area contributed by atoms with Gasteiger partial charge < -0.3 is 10.1 Å². The number of nitrogens with one attached hydrogen (secondary N) is 1. The minimum absolute atomic E-state index is 0.0570. The Balaban J connectivity index is 2.07. The van der Waals surface area contributed by atoms with Crippen molar-refractivity contribution in [3.63, 3.8) is 0 Å². The summed E-state index contributed by atoms with van der Waals surface area (Å²) in [7, 11) is 0. The highest BCUT2D eigenvalue weighted by Gasteiger charge is 2.36. The van der Waals surface area contributed by atoms with E-state index in [9.17, 15) is 0 Å². The summed E-state index contributed by atoms with van der Waals surface area (Å²) < 4.78 is 6.15. The van der Waals surface area contributed by atoms with Gasteiger partial charge in [0.15, 0.2) is 0 Å². The molecule has 2 rings (SSSR count). The van der Waals surface area contributed by atoms with Crippen LogP contribution in [0.5, 0.6) is 0 Å². The highest BCUT2D eigenvalue weighted by molar-refractivity contribution is 5.15. The molecule has 3 heteroatoms. The van der Waals surface area contributed by atoms with E-state index in [0.717, 1.165) is 44.5 Å². The first-order valence-electron chi connectivity index (χ1n) is 8.49. The van der Waals surface area contributed by atoms with Crippen LogP contribution in [0.25, 0.3) is 0 Å². The average Bonchev–Trinajstić information content (AvgIpc) is 2.52. The van der Waals surface area contributed by atoms with Crippen molar-refractivity contribution >= 4 is 0 Å². The van der Waals surface area contributed by atoms with E-state index >= 15 is 0 Å². The molecule has 1 N–H and O–H groups in total. The average molecular weight is 290 g/mol. The van der Waals surface area contributed by atoms with Crippen LogP contribution in [0, 0.1) is 0 Å². The van der Waals surface area contributed by atoms with Crippen LogP contribution in [0.3, 0.4) is 0 Å².